The summed E-state index contributed by atoms with van der Waals surface area (Å²) < 4.78 is 0. The summed E-state index contributed by atoms with van der Waals surface area (Å²) in [5.41, 5.74) is 21.9. The van der Waals surface area contributed by atoms with E-state index >= 15 is 0 Å². The summed E-state index contributed by atoms with van der Waals surface area (Å²) in [5, 5.41) is 71.0. The van der Waals surface area contributed by atoms with E-state index in [9.17, 15) is 30.6 Å². The van der Waals surface area contributed by atoms with Crippen LogP contribution < -0.4 is 0 Å². The lowest BCUT2D eigenvalue weighted by Crippen LogP contribution is -2.22. The molecule has 0 bridgehead atoms. The van der Waals surface area contributed by atoms with Gasteiger partial charge in [-0.15, -0.1) is 0 Å². The summed E-state index contributed by atoms with van der Waals surface area (Å²) in [5.74, 6) is 12.3. The van der Waals surface area contributed by atoms with Gasteiger partial charge in [-0.2, -0.15) is 70.6 Å². The van der Waals surface area contributed by atoms with Crippen molar-refractivity contribution in [3.8, 4) is 34.5 Å². The second kappa shape index (κ2) is 48.4. The third kappa shape index (κ3) is 26.9. The van der Waals surface area contributed by atoms with Crippen molar-refractivity contribution in [1.82, 2.24) is 0 Å². The molecule has 6 N–H and O–H groups in total. The Labute approximate surface area is 753 Å². The molecule has 660 valence electrons. The first-order valence-corrected chi connectivity index (χ1v) is 55.4. The zero-order chi connectivity index (χ0) is 83.7. The molecule has 12 heteroatoms. The number of hydrogen-bond acceptors (Lipinski definition) is 12. The maximum atomic E-state index is 11.9. The molecule has 15 rings (SSSR count). The van der Waals surface area contributed by atoms with E-state index in [1.165, 1.54) is 375 Å². The standard InChI is InChI=1S/C46H68O2S2.C36H52O2S2.C26H36O2S2/c47-45-39(27-37(33-17-7-3-8-18-33)29-41(45)35-21-11-5-12-22-35)31-49-43-25-15-1-2-16-26-44(43)50-32-40-28-38(34-19-9-4-10-20-34)30-42(46(40)48)36-23-13-6-14-24-36;1-25-19-29(35(37)31(21-25)27-13-7-5-8-14-27)23-39-33-17-11-3-4-12-18-34(33)40-24-30-20-26(2)22-32(36(30)38)28-15-9-6-10-16-28;1-17-11-19(3)25(27)21(13-17)15-29-23-9-7-5-6-8-10-24(23)30-16-22-14-18(2)12-20(4)26(22)28/h27-30,33-36,43-44,47-48H,1-26,31-32H2;19-22,27-28,33-34,37-38H,3-18,23-24H2,1-2H3;11-14,23-24,27-28H,5-10,15-16H2,1-4H3/t43-,44-;33-,34-;23-,24-/m000/s1. The van der Waals surface area contributed by atoms with Gasteiger partial charge in [0.05, 0.1) is 0 Å². The van der Waals surface area contributed by atoms with Crippen molar-refractivity contribution in [3.63, 3.8) is 0 Å². The first-order chi connectivity index (χ1) is 58.5. The third-order valence-corrected chi connectivity index (χ3v) is 39.1. The minimum atomic E-state index is 0.461. The maximum Gasteiger partial charge on any atom is 0.123 e. The van der Waals surface area contributed by atoms with E-state index in [1.54, 1.807) is 0 Å². The lowest BCUT2D eigenvalue weighted by atomic mass is 9.79. The molecule has 0 aliphatic heterocycles. The quantitative estimate of drug-likeness (QED) is 0.0346. The van der Waals surface area contributed by atoms with E-state index in [0.717, 1.165) is 67.9 Å². The van der Waals surface area contributed by atoms with Crippen LogP contribution in [0.15, 0.2) is 72.8 Å². The van der Waals surface area contributed by atoms with Crippen LogP contribution in [0.25, 0.3) is 0 Å². The molecule has 6 aromatic rings. The van der Waals surface area contributed by atoms with E-state index in [4.69, 9.17) is 0 Å². The van der Waals surface area contributed by atoms with Crippen molar-refractivity contribution in [2.45, 2.75) is 451 Å². The van der Waals surface area contributed by atoms with Gasteiger partial charge in [-0.25, -0.2) is 0 Å². The molecule has 6 aromatic carbocycles. The minimum absolute atomic E-state index is 0.461. The maximum absolute atomic E-state index is 11.9. The van der Waals surface area contributed by atoms with Crippen LogP contribution >= 0.6 is 70.6 Å². The van der Waals surface area contributed by atoms with E-state index < -0.39 is 0 Å². The zero-order valence-electron chi connectivity index (χ0n) is 75.2. The molecule has 120 heavy (non-hydrogen) atoms. The Kier molecular flexibility index (Phi) is 37.9. The predicted octanol–water partition coefficient (Wildman–Crippen LogP) is 33.2. The van der Waals surface area contributed by atoms with E-state index in [1.807, 2.05) is 49.5 Å². The number of benzene rings is 6. The van der Waals surface area contributed by atoms with Gasteiger partial charge in [0.15, 0.2) is 0 Å². The van der Waals surface area contributed by atoms with E-state index in [0.29, 0.717) is 102 Å². The summed E-state index contributed by atoms with van der Waals surface area (Å²) >= 11 is 12.5. The highest BCUT2D eigenvalue weighted by molar-refractivity contribution is 8.04. The number of aryl methyl sites for hydroxylation is 6. The molecule has 6 nitrogen and oxygen atoms in total. The number of hydrogen-bond donors (Lipinski definition) is 6. The summed E-state index contributed by atoms with van der Waals surface area (Å²) in [6.45, 7) is 12.6. The minimum Gasteiger partial charge on any atom is -0.507 e. The smallest absolute Gasteiger partial charge is 0.123 e. The van der Waals surface area contributed by atoms with Crippen molar-refractivity contribution in [3.05, 3.63) is 173 Å². The van der Waals surface area contributed by atoms with Crippen LogP contribution in [0.1, 0.15) is 444 Å². The largest absolute Gasteiger partial charge is 0.507 e. The summed E-state index contributed by atoms with van der Waals surface area (Å²) in [4.78, 5) is 0. The van der Waals surface area contributed by atoms with Gasteiger partial charge in [-0.1, -0.05) is 288 Å². The van der Waals surface area contributed by atoms with Crippen molar-refractivity contribution < 1.29 is 30.6 Å². The SMILES string of the molecule is Cc1cc(C)c(O)c(CS[C@H]2CCCCCC[C@@H]2SCc2cc(C)cc(C)c2O)c1.Cc1cc(CS[C@H]2CCCCCC[C@@H]2SCc2cc(C)cc(C3CCCCC3)c2O)c(O)c(C2CCCCC2)c1.Oc1c(CS[C@H]2CCCCCC[C@@H]2SCc2cc(C3CCCCC3)cc(C3CCCCC3)c2O)cc(C2CCCCC2)cc1C1CCCCC1. The Morgan fingerprint density at radius 1 is 0.192 bits per heavy atom. The number of rotatable bonds is 24. The van der Waals surface area contributed by atoms with Crippen LogP contribution in [0.5, 0.6) is 34.5 Å². The molecule has 0 spiro atoms. The molecule has 9 aliphatic rings. The average molecular weight is 1740 g/mol. The molecule has 9 saturated carbocycles. The van der Waals surface area contributed by atoms with Gasteiger partial charge in [0.1, 0.15) is 34.5 Å². The Morgan fingerprint density at radius 3 is 0.600 bits per heavy atom. The lowest BCUT2D eigenvalue weighted by molar-refractivity contribution is 0.408. The Bertz CT molecular complexity index is 3870. The molecule has 0 saturated heterocycles. The average Bonchev–Trinajstić information content (AvgIpc) is 0.776. The first-order valence-electron chi connectivity index (χ1n) is 49.1. The highest BCUT2D eigenvalue weighted by Gasteiger charge is 2.34. The Hall–Kier alpha value is -3.78. The summed E-state index contributed by atoms with van der Waals surface area (Å²) in [7, 11) is 0. The lowest BCUT2D eigenvalue weighted by Gasteiger charge is -2.31. The second-order valence-electron chi connectivity index (χ2n) is 39.2. The topological polar surface area (TPSA) is 121 Å². The molecule has 0 aromatic heterocycles. The Morgan fingerprint density at radius 2 is 0.367 bits per heavy atom. The van der Waals surface area contributed by atoms with Gasteiger partial charge in [-0.3, -0.25) is 0 Å². The Balaban J connectivity index is 0.000000161. The van der Waals surface area contributed by atoms with Crippen LogP contribution in [0, 0.1) is 41.5 Å². The number of thioether (sulfide) groups is 6. The van der Waals surface area contributed by atoms with Crippen molar-refractivity contribution in [2.75, 3.05) is 0 Å². The van der Waals surface area contributed by atoms with Gasteiger partial charge in [0.25, 0.3) is 0 Å². The number of phenolic OH excluding ortho intramolecular Hbond substituents is 6. The third-order valence-electron chi connectivity index (χ3n) is 29.7. The molecular weight excluding hydrogens is 1590 g/mol. The van der Waals surface area contributed by atoms with Gasteiger partial charge in [0, 0.05) is 99.4 Å². The molecule has 0 heterocycles. The molecule has 0 radical (unpaired) electrons. The van der Waals surface area contributed by atoms with Crippen LogP contribution in [-0.2, 0) is 34.5 Å². The molecule has 6 atom stereocenters. The monoisotopic (exact) mass is 1740 g/mol. The van der Waals surface area contributed by atoms with Crippen LogP contribution in [0.3, 0.4) is 0 Å². The normalized spacial score (nSPS) is 23.6. The van der Waals surface area contributed by atoms with Crippen LogP contribution in [0.4, 0.5) is 0 Å². The molecule has 0 amide bonds. The molecule has 9 aliphatic carbocycles. The van der Waals surface area contributed by atoms with Crippen LogP contribution in [-0.4, -0.2) is 62.1 Å². The highest BCUT2D eigenvalue weighted by atomic mass is 32.2. The van der Waals surface area contributed by atoms with Gasteiger partial charge < -0.3 is 30.6 Å². The van der Waals surface area contributed by atoms with Crippen molar-refractivity contribution in [1.29, 1.82) is 0 Å². The molecule has 9 fully saturated rings. The second-order valence-corrected chi connectivity index (χ2v) is 46.6. The van der Waals surface area contributed by atoms with E-state index in [2.05, 4.69) is 135 Å². The number of phenols is 6. The summed E-state index contributed by atoms with van der Waals surface area (Å²) in [6.07, 6.45) is 62.6. The molecule has 0 unspecified atom stereocenters. The fourth-order valence-electron chi connectivity index (χ4n) is 22.8. The summed E-state index contributed by atoms with van der Waals surface area (Å²) in [6, 6.07) is 27.1. The van der Waals surface area contributed by atoms with Gasteiger partial charge in [-0.05, 0) is 237 Å². The van der Waals surface area contributed by atoms with Gasteiger partial charge >= 0.3 is 0 Å². The first kappa shape index (κ1) is 93.8. The van der Waals surface area contributed by atoms with E-state index in [-0.39, 0.29) is 0 Å². The fraction of sp³-hybridized carbons (Fsp3) is 0.667. The van der Waals surface area contributed by atoms with Crippen molar-refractivity contribution in [2.24, 2.45) is 0 Å². The number of aromatic hydroxyl groups is 6. The fourth-order valence-corrected chi connectivity index (χ4v) is 32.0. The van der Waals surface area contributed by atoms with Gasteiger partial charge in [0.2, 0.25) is 0 Å². The highest BCUT2D eigenvalue weighted by Crippen LogP contribution is 2.51. The molecular formula is C108H156O6S6. The zero-order valence-corrected chi connectivity index (χ0v) is 80.1. The van der Waals surface area contributed by atoms with Crippen LogP contribution in [0.2, 0.25) is 0 Å². The van der Waals surface area contributed by atoms with Crippen molar-refractivity contribution >= 4 is 70.6 Å². The predicted molar refractivity (Wildman–Crippen MR) is 526 cm³/mol.